The van der Waals surface area contributed by atoms with Gasteiger partial charge in [-0.15, -0.1) is 0 Å². The highest BCUT2D eigenvalue weighted by Crippen LogP contribution is 2.26. The Hall–Kier alpha value is -0.610. The summed E-state index contributed by atoms with van der Waals surface area (Å²) >= 11 is 0. The molecule has 0 aromatic carbocycles. The van der Waals surface area contributed by atoms with Crippen molar-refractivity contribution in [2.45, 2.75) is 72.9 Å². The van der Waals surface area contributed by atoms with Crippen molar-refractivity contribution >= 4 is 5.91 Å². The maximum absolute atomic E-state index is 12.9. The average Bonchev–Trinajstić information content (AvgIpc) is 2.46. The first-order valence-electron chi connectivity index (χ1n) is 9.75. The second-order valence-electron chi connectivity index (χ2n) is 10.1. The third kappa shape index (κ3) is 5.19. The van der Waals surface area contributed by atoms with Crippen molar-refractivity contribution in [2.75, 3.05) is 39.3 Å². The van der Waals surface area contributed by atoms with Crippen molar-refractivity contribution < 1.29 is 4.79 Å². The number of piperidine rings is 1. The quantitative estimate of drug-likeness (QED) is 0.775. The SMILES string of the molecule is C[C@H]1CN(C(=O)C2CCN(C(C)(C)C)CC2)CCN1CC(C)(C)C. The molecule has 2 aliphatic rings. The average molecular weight is 338 g/mol. The fourth-order valence-electron chi connectivity index (χ4n) is 4.10. The van der Waals surface area contributed by atoms with Crippen LogP contribution in [-0.2, 0) is 4.79 Å². The number of piperazine rings is 1. The number of hydrogen-bond acceptors (Lipinski definition) is 3. The summed E-state index contributed by atoms with van der Waals surface area (Å²) < 4.78 is 0. The molecule has 0 N–H and O–H groups in total. The molecular weight excluding hydrogens is 298 g/mol. The summed E-state index contributed by atoms with van der Waals surface area (Å²) in [4.78, 5) is 20.1. The van der Waals surface area contributed by atoms with E-state index in [0.717, 1.165) is 52.1 Å². The summed E-state index contributed by atoms with van der Waals surface area (Å²) in [5.41, 5.74) is 0.543. The molecule has 0 spiro atoms. The number of nitrogens with zero attached hydrogens (tertiary/aromatic N) is 3. The molecule has 4 heteroatoms. The van der Waals surface area contributed by atoms with Crippen LogP contribution < -0.4 is 0 Å². The van der Waals surface area contributed by atoms with Gasteiger partial charge in [-0.25, -0.2) is 0 Å². The van der Waals surface area contributed by atoms with E-state index in [1.807, 2.05) is 0 Å². The van der Waals surface area contributed by atoms with Gasteiger partial charge < -0.3 is 4.90 Å². The first-order chi connectivity index (χ1) is 11.0. The molecule has 1 atom stereocenters. The zero-order chi connectivity index (χ0) is 18.1. The lowest BCUT2D eigenvalue weighted by atomic mass is 9.91. The third-order valence-corrected chi connectivity index (χ3v) is 5.55. The van der Waals surface area contributed by atoms with Crippen LogP contribution in [0.5, 0.6) is 0 Å². The van der Waals surface area contributed by atoms with E-state index in [2.05, 4.69) is 63.2 Å². The molecule has 0 bridgehead atoms. The number of amides is 1. The maximum atomic E-state index is 12.9. The fourth-order valence-corrected chi connectivity index (χ4v) is 4.10. The van der Waals surface area contributed by atoms with Gasteiger partial charge in [0.1, 0.15) is 0 Å². The van der Waals surface area contributed by atoms with Crippen LogP contribution in [0.3, 0.4) is 0 Å². The minimum atomic E-state index is 0.223. The van der Waals surface area contributed by atoms with E-state index in [4.69, 9.17) is 0 Å². The molecule has 2 rings (SSSR count). The highest BCUT2D eigenvalue weighted by molar-refractivity contribution is 5.79. The van der Waals surface area contributed by atoms with Crippen molar-refractivity contribution in [1.29, 1.82) is 0 Å². The molecule has 24 heavy (non-hydrogen) atoms. The van der Waals surface area contributed by atoms with Crippen LogP contribution in [0.25, 0.3) is 0 Å². The van der Waals surface area contributed by atoms with Crippen molar-refractivity contribution in [3.8, 4) is 0 Å². The molecule has 2 heterocycles. The van der Waals surface area contributed by atoms with E-state index in [-0.39, 0.29) is 11.5 Å². The molecule has 2 fully saturated rings. The normalized spacial score (nSPS) is 26.0. The first kappa shape index (κ1) is 19.7. The van der Waals surface area contributed by atoms with Gasteiger partial charge in [0.2, 0.25) is 5.91 Å². The van der Waals surface area contributed by atoms with E-state index < -0.39 is 0 Å². The molecule has 1 amide bonds. The zero-order valence-electron chi connectivity index (χ0n) is 17.1. The molecule has 2 saturated heterocycles. The Morgan fingerprint density at radius 2 is 1.54 bits per heavy atom. The van der Waals surface area contributed by atoms with Gasteiger partial charge in [0.25, 0.3) is 0 Å². The Labute approximate surface area is 149 Å². The standard InChI is InChI=1S/C20H39N3O/c1-16-14-21(12-13-22(16)15-19(2,3)4)18(24)17-8-10-23(11-9-17)20(5,6)7/h16-17H,8-15H2,1-7H3/t16-/m0/s1. The van der Waals surface area contributed by atoms with Gasteiger partial charge in [0, 0.05) is 43.7 Å². The zero-order valence-corrected chi connectivity index (χ0v) is 17.1. The Morgan fingerprint density at radius 3 is 2.00 bits per heavy atom. The van der Waals surface area contributed by atoms with Crippen molar-refractivity contribution in [3.63, 3.8) is 0 Å². The van der Waals surface area contributed by atoms with Gasteiger partial charge in [-0.2, -0.15) is 0 Å². The fraction of sp³-hybridized carbons (Fsp3) is 0.950. The van der Waals surface area contributed by atoms with E-state index in [1.165, 1.54) is 0 Å². The van der Waals surface area contributed by atoms with Crippen LogP contribution in [0, 0.1) is 11.3 Å². The second kappa shape index (κ2) is 7.33. The van der Waals surface area contributed by atoms with E-state index >= 15 is 0 Å². The summed E-state index contributed by atoms with van der Waals surface area (Å²) in [5, 5.41) is 0. The van der Waals surface area contributed by atoms with Crippen LogP contribution in [-0.4, -0.2) is 71.5 Å². The summed E-state index contributed by atoms with van der Waals surface area (Å²) in [7, 11) is 0. The van der Waals surface area contributed by atoms with Gasteiger partial charge in [0.15, 0.2) is 0 Å². The Balaban J connectivity index is 1.85. The predicted molar refractivity (Wildman–Crippen MR) is 101 cm³/mol. The molecule has 0 aliphatic carbocycles. The lowest BCUT2D eigenvalue weighted by Crippen LogP contribution is -2.57. The number of hydrogen-bond donors (Lipinski definition) is 0. The summed E-state index contributed by atoms with van der Waals surface area (Å²) in [6.45, 7) is 22.0. The van der Waals surface area contributed by atoms with Gasteiger partial charge in [-0.3, -0.25) is 14.6 Å². The molecular formula is C20H39N3O. The molecule has 0 unspecified atom stereocenters. The van der Waals surface area contributed by atoms with Gasteiger partial charge >= 0.3 is 0 Å². The number of rotatable bonds is 2. The molecule has 2 aliphatic heterocycles. The Morgan fingerprint density at radius 1 is 0.958 bits per heavy atom. The summed E-state index contributed by atoms with van der Waals surface area (Å²) in [5.74, 6) is 0.649. The molecule has 4 nitrogen and oxygen atoms in total. The van der Waals surface area contributed by atoms with Crippen LogP contribution >= 0.6 is 0 Å². The van der Waals surface area contributed by atoms with Crippen molar-refractivity contribution in [2.24, 2.45) is 11.3 Å². The van der Waals surface area contributed by atoms with Crippen LogP contribution in [0.4, 0.5) is 0 Å². The first-order valence-corrected chi connectivity index (χ1v) is 9.75. The predicted octanol–water partition coefficient (Wildman–Crippen LogP) is 3.08. The largest absolute Gasteiger partial charge is 0.340 e. The maximum Gasteiger partial charge on any atom is 0.225 e. The van der Waals surface area contributed by atoms with E-state index in [0.29, 0.717) is 17.4 Å². The van der Waals surface area contributed by atoms with Crippen molar-refractivity contribution in [1.82, 2.24) is 14.7 Å². The molecule has 0 radical (unpaired) electrons. The smallest absolute Gasteiger partial charge is 0.225 e. The summed E-state index contributed by atoms with van der Waals surface area (Å²) in [6, 6.07) is 0.469. The summed E-state index contributed by atoms with van der Waals surface area (Å²) in [6.07, 6.45) is 2.04. The third-order valence-electron chi connectivity index (χ3n) is 5.55. The number of carbonyl (C=O) groups excluding carboxylic acids is 1. The van der Waals surface area contributed by atoms with E-state index in [9.17, 15) is 4.79 Å². The number of carbonyl (C=O) groups is 1. The minimum absolute atomic E-state index is 0.223. The lowest BCUT2D eigenvalue weighted by Gasteiger charge is -2.45. The number of likely N-dealkylation sites (tertiary alicyclic amines) is 1. The van der Waals surface area contributed by atoms with Crippen LogP contribution in [0.1, 0.15) is 61.3 Å². The highest BCUT2D eigenvalue weighted by Gasteiger charge is 2.35. The minimum Gasteiger partial charge on any atom is -0.340 e. The molecule has 140 valence electrons. The second-order valence-corrected chi connectivity index (χ2v) is 10.1. The van der Waals surface area contributed by atoms with Gasteiger partial charge in [0.05, 0.1) is 0 Å². The lowest BCUT2D eigenvalue weighted by molar-refractivity contribution is -0.140. The molecule has 0 aromatic heterocycles. The van der Waals surface area contributed by atoms with Crippen LogP contribution in [0.15, 0.2) is 0 Å². The monoisotopic (exact) mass is 337 g/mol. The highest BCUT2D eigenvalue weighted by atomic mass is 16.2. The van der Waals surface area contributed by atoms with Gasteiger partial charge in [-0.05, 0) is 59.0 Å². The Bertz CT molecular complexity index is 427. The van der Waals surface area contributed by atoms with Gasteiger partial charge in [-0.1, -0.05) is 20.8 Å². The van der Waals surface area contributed by atoms with Crippen LogP contribution in [0.2, 0.25) is 0 Å². The van der Waals surface area contributed by atoms with Crippen molar-refractivity contribution in [3.05, 3.63) is 0 Å². The Kier molecular flexibility index (Phi) is 6.02. The molecule has 0 saturated carbocycles. The molecule has 0 aromatic rings. The van der Waals surface area contributed by atoms with E-state index in [1.54, 1.807) is 0 Å². The topological polar surface area (TPSA) is 26.8 Å².